The van der Waals surface area contributed by atoms with E-state index in [1.807, 2.05) is 0 Å². The number of carbonyl (C=O) groups excluding carboxylic acids is 1. The zero-order chi connectivity index (χ0) is 8.91. The van der Waals surface area contributed by atoms with Crippen molar-refractivity contribution in [3.63, 3.8) is 0 Å². The normalized spacial score (nSPS) is 11.6. The summed E-state index contributed by atoms with van der Waals surface area (Å²) in [6.07, 6.45) is 3.24. The number of hydrogen-bond acceptors (Lipinski definition) is 1. The lowest BCUT2D eigenvalue weighted by atomic mass is 10.1. The van der Waals surface area contributed by atoms with E-state index in [4.69, 9.17) is 34.8 Å². The molecule has 0 aromatic heterocycles. The molecule has 0 heterocycles. The van der Waals surface area contributed by atoms with Gasteiger partial charge >= 0.3 is 0 Å². The van der Waals surface area contributed by atoms with Crippen LogP contribution in [0, 0.1) is 0 Å². The first-order valence-electron chi connectivity index (χ1n) is 3.58. The summed E-state index contributed by atoms with van der Waals surface area (Å²) in [6.45, 7) is 2.06. The number of carbonyl (C=O) groups is 1. The van der Waals surface area contributed by atoms with Crippen molar-refractivity contribution in [1.82, 2.24) is 0 Å². The van der Waals surface area contributed by atoms with Gasteiger partial charge in [0.2, 0.25) is 3.79 Å². The van der Waals surface area contributed by atoms with E-state index in [0.29, 0.717) is 6.42 Å². The number of halogens is 3. The van der Waals surface area contributed by atoms with E-state index in [1.54, 1.807) is 0 Å². The Balaban J connectivity index is 3.54. The Bertz CT molecular complexity index is 128. The molecule has 0 fully saturated rings. The van der Waals surface area contributed by atoms with Gasteiger partial charge in [-0.25, -0.2) is 0 Å². The molecule has 0 radical (unpaired) electrons. The summed E-state index contributed by atoms with van der Waals surface area (Å²) in [4.78, 5) is 10.9. The second kappa shape index (κ2) is 5.23. The maximum atomic E-state index is 10.9. The van der Waals surface area contributed by atoms with Crippen molar-refractivity contribution in [2.24, 2.45) is 0 Å². The predicted octanol–water partition coefficient (Wildman–Crippen LogP) is 3.51. The zero-order valence-corrected chi connectivity index (χ0v) is 8.64. The minimum Gasteiger partial charge on any atom is -0.295 e. The molecular weight excluding hydrogens is 206 g/mol. The zero-order valence-electron chi connectivity index (χ0n) is 6.37. The van der Waals surface area contributed by atoms with Gasteiger partial charge in [0.25, 0.3) is 0 Å². The molecule has 0 aromatic carbocycles. The van der Waals surface area contributed by atoms with Gasteiger partial charge in [0.05, 0.1) is 0 Å². The van der Waals surface area contributed by atoms with E-state index < -0.39 is 3.79 Å². The summed E-state index contributed by atoms with van der Waals surface area (Å²) in [6, 6.07) is 0. The fourth-order valence-corrected chi connectivity index (χ4v) is 0.961. The number of rotatable bonds is 4. The molecule has 0 spiro atoms. The molecule has 0 unspecified atom stereocenters. The molecular formula is C7H11Cl3O. The fraction of sp³-hybridized carbons (Fsp3) is 0.857. The molecule has 1 nitrogen and oxygen atoms in total. The van der Waals surface area contributed by atoms with Crippen molar-refractivity contribution in [2.45, 2.75) is 36.4 Å². The summed E-state index contributed by atoms with van der Waals surface area (Å²) >= 11 is 16.0. The average Bonchev–Trinajstić information content (AvgIpc) is 1.86. The highest BCUT2D eigenvalue weighted by atomic mass is 35.6. The van der Waals surface area contributed by atoms with Gasteiger partial charge in [-0.2, -0.15) is 0 Å². The lowest BCUT2D eigenvalue weighted by molar-refractivity contribution is -0.118. The molecule has 0 aliphatic heterocycles. The lowest BCUT2D eigenvalue weighted by Gasteiger charge is -2.07. The highest BCUT2D eigenvalue weighted by Crippen LogP contribution is 2.28. The van der Waals surface area contributed by atoms with E-state index in [9.17, 15) is 4.79 Å². The van der Waals surface area contributed by atoms with E-state index >= 15 is 0 Å². The van der Waals surface area contributed by atoms with Gasteiger partial charge in [-0.1, -0.05) is 54.6 Å². The Labute approximate surface area is 82.0 Å². The molecule has 0 aliphatic rings. The van der Waals surface area contributed by atoms with Crippen LogP contribution in [-0.2, 0) is 4.79 Å². The van der Waals surface area contributed by atoms with E-state index in [1.165, 1.54) is 0 Å². The first-order valence-corrected chi connectivity index (χ1v) is 4.72. The van der Waals surface area contributed by atoms with E-state index in [2.05, 4.69) is 6.92 Å². The molecule has 0 bridgehead atoms. The average molecular weight is 218 g/mol. The summed E-state index contributed by atoms with van der Waals surface area (Å²) in [5, 5.41) is 0. The topological polar surface area (TPSA) is 17.1 Å². The first-order chi connectivity index (χ1) is 4.98. The molecule has 66 valence electrons. The molecule has 0 rings (SSSR count). The largest absolute Gasteiger partial charge is 0.295 e. The van der Waals surface area contributed by atoms with Gasteiger partial charge in [0.1, 0.15) is 0 Å². The van der Waals surface area contributed by atoms with E-state index in [0.717, 1.165) is 19.3 Å². The Morgan fingerprint density at radius 3 is 2.18 bits per heavy atom. The summed E-state index contributed by atoms with van der Waals surface area (Å²) in [5.41, 5.74) is 0. The smallest absolute Gasteiger partial charge is 0.248 e. The molecule has 0 aliphatic carbocycles. The minimum atomic E-state index is -1.71. The van der Waals surface area contributed by atoms with Crippen LogP contribution in [0.1, 0.15) is 32.6 Å². The molecule has 0 N–H and O–H groups in total. The van der Waals surface area contributed by atoms with E-state index in [-0.39, 0.29) is 5.78 Å². The second-order valence-corrected chi connectivity index (χ2v) is 4.66. The van der Waals surface area contributed by atoms with Crippen LogP contribution in [0.4, 0.5) is 0 Å². The van der Waals surface area contributed by atoms with Gasteiger partial charge in [0.15, 0.2) is 5.78 Å². The highest BCUT2D eigenvalue weighted by Gasteiger charge is 2.28. The third-order valence-electron chi connectivity index (χ3n) is 1.32. The maximum absolute atomic E-state index is 10.9. The van der Waals surface area contributed by atoms with Crippen LogP contribution in [0.3, 0.4) is 0 Å². The van der Waals surface area contributed by atoms with Crippen LogP contribution in [0.5, 0.6) is 0 Å². The number of ketones is 1. The molecule has 0 saturated heterocycles. The Kier molecular flexibility index (Phi) is 5.49. The van der Waals surface area contributed by atoms with Gasteiger partial charge in [-0.3, -0.25) is 4.79 Å². The standard InChI is InChI=1S/C7H11Cl3O/c1-2-3-4-5-6(11)7(8,9)10/h2-5H2,1H3. The molecule has 11 heavy (non-hydrogen) atoms. The third kappa shape index (κ3) is 5.77. The van der Waals surface area contributed by atoms with Crippen molar-refractivity contribution in [2.75, 3.05) is 0 Å². The Hall–Kier alpha value is 0.540. The monoisotopic (exact) mass is 216 g/mol. The van der Waals surface area contributed by atoms with Crippen LogP contribution < -0.4 is 0 Å². The van der Waals surface area contributed by atoms with Crippen LogP contribution in [-0.4, -0.2) is 9.58 Å². The highest BCUT2D eigenvalue weighted by molar-refractivity contribution is 6.76. The quantitative estimate of drug-likeness (QED) is 0.520. The molecule has 4 heteroatoms. The van der Waals surface area contributed by atoms with Gasteiger partial charge in [-0.15, -0.1) is 0 Å². The predicted molar refractivity (Wildman–Crippen MR) is 49.4 cm³/mol. The van der Waals surface area contributed by atoms with Gasteiger partial charge < -0.3 is 0 Å². The number of alkyl halides is 3. The molecule has 0 aromatic rings. The molecule has 0 saturated carbocycles. The van der Waals surface area contributed by atoms with Crippen LogP contribution in [0.15, 0.2) is 0 Å². The summed E-state index contributed by atoms with van der Waals surface area (Å²) < 4.78 is -1.71. The van der Waals surface area contributed by atoms with Gasteiger partial charge in [0, 0.05) is 6.42 Å². The minimum absolute atomic E-state index is 0.309. The number of hydrogen-bond donors (Lipinski definition) is 0. The van der Waals surface area contributed by atoms with Crippen molar-refractivity contribution >= 4 is 40.6 Å². The fourth-order valence-electron chi connectivity index (χ4n) is 0.677. The van der Waals surface area contributed by atoms with Crippen molar-refractivity contribution in [3.8, 4) is 0 Å². The number of unbranched alkanes of at least 4 members (excludes halogenated alkanes) is 2. The SMILES string of the molecule is CCCCCC(=O)C(Cl)(Cl)Cl. The summed E-state index contributed by atoms with van der Waals surface area (Å²) in [7, 11) is 0. The van der Waals surface area contributed by atoms with Crippen LogP contribution in [0.2, 0.25) is 0 Å². The second-order valence-electron chi connectivity index (χ2n) is 2.38. The Morgan fingerprint density at radius 2 is 1.82 bits per heavy atom. The molecule has 0 atom stereocenters. The summed E-state index contributed by atoms with van der Waals surface area (Å²) in [5.74, 6) is -0.309. The van der Waals surface area contributed by atoms with Crippen molar-refractivity contribution in [3.05, 3.63) is 0 Å². The third-order valence-corrected chi connectivity index (χ3v) is 1.96. The van der Waals surface area contributed by atoms with Gasteiger partial charge in [-0.05, 0) is 6.42 Å². The Morgan fingerprint density at radius 1 is 1.27 bits per heavy atom. The van der Waals surface area contributed by atoms with Crippen molar-refractivity contribution < 1.29 is 4.79 Å². The van der Waals surface area contributed by atoms with Crippen LogP contribution in [0.25, 0.3) is 0 Å². The first kappa shape index (κ1) is 11.5. The maximum Gasteiger partial charge on any atom is 0.248 e. The number of Topliss-reactive ketones (excluding diaryl/α,β-unsaturated/α-hetero) is 1. The van der Waals surface area contributed by atoms with Crippen molar-refractivity contribution in [1.29, 1.82) is 0 Å². The molecule has 0 amide bonds. The van der Waals surface area contributed by atoms with Crippen LogP contribution >= 0.6 is 34.8 Å². The lowest BCUT2D eigenvalue weighted by Crippen LogP contribution is -2.18.